The number of hydrogen-bond donors (Lipinski definition) is 1. The molecule has 19 heavy (non-hydrogen) atoms. The van der Waals surface area contributed by atoms with Crippen LogP contribution in [0.2, 0.25) is 0 Å². The van der Waals surface area contributed by atoms with Crippen LogP contribution in [0.15, 0.2) is 76.9 Å². The van der Waals surface area contributed by atoms with Crippen LogP contribution < -0.4 is 5.73 Å². The van der Waals surface area contributed by atoms with Crippen molar-refractivity contribution in [2.24, 2.45) is 15.9 Å². The number of amidine groups is 1. The molecule has 0 aliphatic rings. The highest BCUT2D eigenvalue weighted by molar-refractivity contribution is 5.97. The molecule has 0 aromatic heterocycles. The molecule has 2 rings (SSSR count). The second-order valence-electron chi connectivity index (χ2n) is 3.89. The molecule has 2 N–H and O–H groups in total. The molecule has 0 aliphatic heterocycles. The minimum absolute atomic E-state index is 0.407. The van der Waals surface area contributed by atoms with Gasteiger partial charge in [-0.05, 0) is 11.6 Å². The van der Waals surface area contributed by atoms with E-state index >= 15 is 0 Å². The Labute approximate surface area is 112 Å². The van der Waals surface area contributed by atoms with Gasteiger partial charge >= 0.3 is 0 Å². The molecule has 0 spiro atoms. The zero-order valence-electron chi connectivity index (χ0n) is 10.5. The average Bonchev–Trinajstić information content (AvgIpc) is 2.49. The molecular weight excluding hydrogens is 234 g/mol. The first kappa shape index (κ1) is 12.8. The lowest BCUT2D eigenvalue weighted by Gasteiger charge is -1.95. The number of nitrogens with two attached hydrogens (primary N) is 1. The molecule has 0 radical (unpaired) electrons. The molecule has 0 bridgehead atoms. The average molecular weight is 249 g/mol. The lowest BCUT2D eigenvalue weighted by atomic mass is 10.2. The number of benzene rings is 2. The van der Waals surface area contributed by atoms with E-state index in [9.17, 15) is 0 Å². The van der Waals surface area contributed by atoms with Gasteiger partial charge in [-0.3, -0.25) is 0 Å². The number of hydrogen-bond acceptors (Lipinski definition) is 2. The smallest absolute Gasteiger partial charge is 0.153 e. The zero-order chi connectivity index (χ0) is 13.3. The predicted octanol–water partition coefficient (Wildman–Crippen LogP) is 3.09. The summed E-state index contributed by atoms with van der Waals surface area (Å²) in [5.41, 5.74) is 7.79. The zero-order valence-corrected chi connectivity index (χ0v) is 10.5. The molecule has 0 aliphatic carbocycles. The third-order valence-corrected chi connectivity index (χ3v) is 2.48. The molecule has 0 amide bonds. The maximum absolute atomic E-state index is 5.80. The fourth-order valence-corrected chi connectivity index (χ4v) is 1.52. The summed E-state index contributed by atoms with van der Waals surface area (Å²) in [6, 6.07) is 19.6. The van der Waals surface area contributed by atoms with Crippen LogP contribution >= 0.6 is 0 Å². The second kappa shape index (κ2) is 6.91. The van der Waals surface area contributed by atoms with Gasteiger partial charge in [0, 0.05) is 11.8 Å². The van der Waals surface area contributed by atoms with Gasteiger partial charge in [0.15, 0.2) is 5.84 Å². The predicted molar refractivity (Wildman–Crippen MR) is 81.1 cm³/mol. The SMILES string of the molecule is NC(=NN=C/C=C\c1ccccc1)c1ccccc1. The summed E-state index contributed by atoms with van der Waals surface area (Å²) in [5, 5.41) is 7.85. The molecule has 94 valence electrons. The molecule has 2 aromatic rings. The Morgan fingerprint density at radius 1 is 0.895 bits per heavy atom. The Kier molecular flexibility index (Phi) is 4.64. The standard InChI is InChI=1S/C16H15N3/c17-16(15-11-5-2-6-12-15)19-18-13-7-10-14-8-3-1-4-9-14/h1-13H,(H2,17,19)/b10-7-,18-13?. The van der Waals surface area contributed by atoms with Crippen molar-refractivity contribution in [3.05, 3.63) is 77.9 Å². The van der Waals surface area contributed by atoms with Gasteiger partial charge < -0.3 is 5.73 Å². The Bertz CT molecular complexity index is 584. The molecule has 2 aromatic carbocycles. The van der Waals surface area contributed by atoms with E-state index < -0.39 is 0 Å². The van der Waals surface area contributed by atoms with Gasteiger partial charge in [-0.15, -0.1) is 5.10 Å². The maximum atomic E-state index is 5.80. The van der Waals surface area contributed by atoms with Crippen LogP contribution in [0.25, 0.3) is 6.08 Å². The van der Waals surface area contributed by atoms with E-state index in [1.165, 1.54) is 0 Å². The lowest BCUT2D eigenvalue weighted by molar-refractivity contribution is 1.23. The first-order valence-electron chi connectivity index (χ1n) is 6.00. The topological polar surface area (TPSA) is 50.7 Å². The normalized spacial score (nSPS) is 12.3. The van der Waals surface area contributed by atoms with E-state index in [4.69, 9.17) is 5.73 Å². The summed E-state index contributed by atoms with van der Waals surface area (Å²) in [4.78, 5) is 0. The van der Waals surface area contributed by atoms with Crippen LogP contribution in [0.5, 0.6) is 0 Å². The van der Waals surface area contributed by atoms with Crippen molar-refractivity contribution in [3.63, 3.8) is 0 Å². The Hall–Kier alpha value is -2.68. The van der Waals surface area contributed by atoms with E-state index in [0.29, 0.717) is 5.84 Å². The minimum atomic E-state index is 0.407. The summed E-state index contributed by atoms with van der Waals surface area (Å²) in [6.07, 6.45) is 5.40. The molecule has 0 atom stereocenters. The molecule has 0 saturated carbocycles. The highest BCUT2D eigenvalue weighted by atomic mass is 15.2. The van der Waals surface area contributed by atoms with Crippen molar-refractivity contribution >= 4 is 18.1 Å². The van der Waals surface area contributed by atoms with Gasteiger partial charge in [0.2, 0.25) is 0 Å². The van der Waals surface area contributed by atoms with Gasteiger partial charge in [-0.2, -0.15) is 5.10 Å². The summed E-state index contributed by atoms with van der Waals surface area (Å²) in [7, 11) is 0. The fraction of sp³-hybridized carbons (Fsp3) is 0. The highest BCUT2D eigenvalue weighted by Gasteiger charge is 1.93. The quantitative estimate of drug-likeness (QED) is 0.505. The molecule has 0 unspecified atom stereocenters. The van der Waals surface area contributed by atoms with Crippen LogP contribution in [-0.4, -0.2) is 12.1 Å². The first-order chi connectivity index (χ1) is 9.36. The third kappa shape index (κ3) is 4.24. The Morgan fingerprint density at radius 2 is 1.53 bits per heavy atom. The molecule has 0 saturated heterocycles. The van der Waals surface area contributed by atoms with E-state index in [0.717, 1.165) is 11.1 Å². The minimum Gasteiger partial charge on any atom is -0.382 e. The van der Waals surface area contributed by atoms with E-state index in [1.54, 1.807) is 6.21 Å². The van der Waals surface area contributed by atoms with Crippen molar-refractivity contribution in [2.45, 2.75) is 0 Å². The van der Waals surface area contributed by atoms with Crippen molar-refractivity contribution in [3.8, 4) is 0 Å². The number of nitrogens with zero attached hydrogens (tertiary/aromatic N) is 2. The van der Waals surface area contributed by atoms with Gasteiger partial charge in [0.05, 0.1) is 0 Å². The van der Waals surface area contributed by atoms with E-state index in [1.807, 2.05) is 72.8 Å². The molecule has 3 heteroatoms. The van der Waals surface area contributed by atoms with Gasteiger partial charge in [-0.1, -0.05) is 66.7 Å². The number of allylic oxidation sites excluding steroid dienone is 1. The molecule has 0 fully saturated rings. The number of rotatable bonds is 4. The largest absolute Gasteiger partial charge is 0.382 e. The van der Waals surface area contributed by atoms with Crippen molar-refractivity contribution in [1.29, 1.82) is 0 Å². The molecule has 3 nitrogen and oxygen atoms in total. The first-order valence-corrected chi connectivity index (χ1v) is 6.00. The molecule has 0 heterocycles. The van der Waals surface area contributed by atoms with Gasteiger partial charge in [0.1, 0.15) is 0 Å². The van der Waals surface area contributed by atoms with Crippen molar-refractivity contribution < 1.29 is 0 Å². The lowest BCUT2D eigenvalue weighted by Crippen LogP contribution is -2.12. The Balaban J connectivity index is 1.95. The van der Waals surface area contributed by atoms with Crippen LogP contribution in [-0.2, 0) is 0 Å². The summed E-state index contributed by atoms with van der Waals surface area (Å²) in [5.74, 6) is 0.407. The van der Waals surface area contributed by atoms with Gasteiger partial charge in [-0.25, -0.2) is 0 Å². The summed E-state index contributed by atoms with van der Waals surface area (Å²) in [6.45, 7) is 0. The summed E-state index contributed by atoms with van der Waals surface area (Å²) >= 11 is 0. The van der Waals surface area contributed by atoms with Crippen molar-refractivity contribution in [2.75, 3.05) is 0 Å². The Morgan fingerprint density at radius 3 is 2.21 bits per heavy atom. The van der Waals surface area contributed by atoms with Crippen molar-refractivity contribution in [1.82, 2.24) is 0 Å². The highest BCUT2D eigenvalue weighted by Crippen LogP contribution is 2.00. The van der Waals surface area contributed by atoms with Crippen LogP contribution in [0.4, 0.5) is 0 Å². The van der Waals surface area contributed by atoms with Crippen LogP contribution in [0.3, 0.4) is 0 Å². The maximum Gasteiger partial charge on any atom is 0.153 e. The van der Waals surface area contributed by atoms with E-state index in [2.05, 4.69) is 10.2 Å². The second-order valence-corrected chi connectivity index (χ2v) is 3.89. The third-order valence-electron chi connectivity index (χ3n) is 2.48. The summed E-state index contributed by atoms with van der Waals surface area (Å²) < 4.78 is 0. The van der Waals surface area contributed by atoms with Gasteiger partial charge in [0.25, 0.3) is 0 Å². The molecular formula is C16H15N3. The van der Waals surface area contributed by atoms with E-state index in [-0.39, 0.29) is 0 Å². The monoisotopic (exact) mass is 249 g/mol. The fourth-order valence-electron chi connectivity index (χ4n) is 1.52. The van der Waals surface area contributed by atoms with Crippen LogP contribution in [0.1, 0.15) is 11.1 Å². The van der Waals surface area contributed by atoms with Crippen LogP contribution in [0, 0.1) is 0 Å².